The van der Waals surface area contributed by atoms with Gasteiger partial charge < -0.3 is 10.1 Å². The van der Waals surface area contributed by atoms with Gasteiger partial charge in [-0.25, -0.2) is 0 Å². The molecule has 3 aromatic heterocycles. The first-order chi connectivity index (χ1) is 15.0. The first-order valence-electron chi connectivity index (χ1n) is 10.4. The van der Waals surface area contributed by atoms with E-state index in [4.69, 9.17) is 9.84 Å². The molecule has 4 aromatic rings. The molecule has 0 saturated carbocycles. The second-order valence-corrected chi connectivity index (χ2v) is 7.69. The average molecular weight is 417 g/mol. The highest BCUT2D eigenvalue weighted by Gasteiger charge is 2.33. The third-order valence-electron chi connectivity index (χ3n) is 5.48. The molecule has 4 heterocycles. The van der Waals surface area contributed by atoms with Gasteiger partial charge in [0.05, 0.1) is 12.3 Å². The maximum absolute atomic E-state index is 12.6. The van der Waals surface area contributed by atoms with Crippen LogP contribution in [0.3, 0.4) is 0 Å². The molecule has 0 radical (unpaired) electrons. The Bertz CT molecular complexity index is 1270. The van der Waals surface area contributed by atoms with Crippen LogP contribution < -0.4 is 10.1 Å². The average Bonchev–Trinajstić information content (AvgIpc) is 3.31. The molecule has 0 fully saturated rings. The zero-order chi connectivity index (χ0) is 21.5. The van der Waals surface area contributed by atoms with Crippen LogP contribution in [0.4, 0.5) is 5.82 Å². The second-order valence-electron chi connectivity index (χ2n) is 7.69. The monoisotopic (exact) mass is 417 g/mol. The van der Waals surface area contributed by atoms with Gasteiger partial charge >= 0.3 is 0 Å². The van der Waals surface area contributed by atoms with Gasteiger partial charge in [0.15, 0.2) is 17.3 Å². The van der Waals surface area contributed by atoms with Crippen LogP contribution in [0, 0.1) is 13.8 Å². The van der Waals surface area contributed by atoms with Crippen molar-refractivity contribution in [1.82, 2.24) is 29.6 Å². The summed E-state index contributed by atoms with van der Waals surface area (Å²) in [5, 5.41) is 20.5. The Morgan fingerprint density at radius 1 is 1.10 bits per heavy atom. The number of rotatable bonds is 5. The number of ether oxygens (including phenoxy) is 1. The van der Waals surface area contributed by atoms with E-state index < -0.39 is 0 Å². The fourth-order valence-corrected chi connectivity index (χ4v) is 4.01. The van der Waals surface area contributed by atoms with Gasteiger partial charge in [0.2, 0.25) is 5.91 Å². The van der Waals surface area contributed by atoms with E-state index in [9.17, 15) is 4.79 Å². The second kappa shape index (κ2) is 7.50. The Kier molecular flexibility index (Phi) is 4.65. The van der Waals surface area contributed by atoms with E-state index >= 15 is 0 Å². The quantitative estimate of drug-likeness (QED) is 0.535. The molecule has 5 rings (SSSR count). The highest BCUT2D eigenvalue weighted by Crippen LogP contribution is 2.40. The minimum absolute atomic E-state index is 0.0495. The third-order valence-corrected chi connectivity index (χ3v) is 5.48. The predicted octanol–water partition coefficient (Wildman–Crippen LogP) is 3.19. The Labute approximate surface area is 179 Å². The fourth-order valence-electron chi connectivity index (χ4n) is 4.01. The fraction of sp³-hybridized carbons (Fsp3) is 0.318. The maximum atomic E-state index is 12.6. The Hall–Kier alpha value is -3.75. The number of aryl methyl sites for hydroxylation is 2. The van der Waals surface area contributed by atoms with Crippen LogP contribution in [0.5, 0.6) is 5.75 Å². The number of aromatic nitrogens is 6. The standard InChI is InChI=1S/C22H23N7O2/c1-4-11-31-16-7-5-15(6-8-16)17-12-20(30)23-22-21(17)13(2)26-29(22)19-10-9-18-25-24-14(3)28(18)27-19/h5-10,17H,4,11-12H2,1-3H3,(H,23,30)/t17-/m1/s1. The molecule has 0 aliphatic carbocycles. The lowest BCUT2D eigenvalue weighted by atomic mass is 9.86. The number of anilines is 1. The van der Waals surface area contributed by atoms with Crippen LogP contribution in [0.25, 0.3) is 11.5 Å². The van der Waals surface area contributed by atoms with Crippen molar-refractivity contribution in [2.24, 2.45) is 0 Å². The molecule has 1 aromatic carbocycles. The number of hydrogen-bond donors (Lipinski definition) is 1. The number of hydrogen-bond acceptors (Lipinski definition) is 6. The molecule has 1 amide bonds. The van der Waals surface area contributed by atoms with Gasteiger partial charge in [-0.15, -0.1) is 15.3 Å². The van der Waals surface area contributed by atoms with Gasteiger partial charge in [0, 0.05) is 17.9 Å². The Morgan fingerprint density at radius 2 is 1.90 bits per heavy atom. The minimum Gasteiger partial charge on any atom is -0.494 e. The van der Waals surface area contributed by atoms with Crippen molar-refractivity contribution in [2.75, 3.05) is 11.9 Å². The number of fused-ring (bicyclic) bond motifs is 2. The molecule has 1 atom stereocenters. The van der Waals surface area contributed by atoms with Gasteiger partial charge in [0.1, 0.15) is 11.6 Å². The van der Waals surface area contributed by atoms with Crippen molar-refractivity contribution in [2.45, 2.75) is 39.5 Å². The molecule has 158 valence electrons. The van der Waals surface area contributed by atoms with E-state index in [0.29, 0.717) is 36.1 Å². The summed E-state index contributed by atoms with van der Waals surface area (Å²) in [4.78, 5) is 12.6. The highest BCUT2D eigenvalue weighted by atomic mass is 16.5. The van der Waals surface area contributed by atoms with E-state index in [-0.39, 0.29) is 11.8 Å². The Morgan fingerprint density at radius 3 is 2.68 bits per heavy atom. The van der Waals surface area contributed by atoms with Crippen LogP contribution in [0.1, 0.15) is 48.3 Å². The van der Waals surface area contributed by atoms with Crippen molar-refractivity contribution < 1.29 is 9.53 Å². The maximum Gasteiger partial charge on any atom is 0.226 e. The van der Waals surface area contributed by atoms with Gasteiger partial charge in [-0.2, -0.15) is 14.3 Å². The summed E-state index contributed by atoms with van der Waals surface area (Å²) in [6.07, 6.45) is 1.33. The minimum atomic E-state index is -0.0851. The zero-order valence-electron chi connectivity index (χ0n) is 17.7. The van der Waals surface area contributed by atoms with Crippen LogP contribution in [-0.2, 0) is 4.79 Å². The highest BCUT2D eigenvalue weighted by molar-refractivity contribution is 5.95. The topological polar surface area (TPSA) is 99.2 Å². The lowest BCUT2D eigenvalue weighted by Crippen LogP contribution is -2.25. The molecule has 31 heavy (non-hydrogen) atoms. The number of carbonyl (C=O) groups excluding carboxylic acids is 1. The van der Waals surface area contributed by atoms with Crippen LogP contribution in [0.2, 0.25) is 0 Å². The molecule has 0 unspecified atom stereocenters. The molecule has 0 saturated heterocycles. The van der Waals surface area contributed by atoms with E-state index in [1.165, 1.54) is 0 Å². The normalized spacial score (nSPS) is 15.7. The van der Waals surface area contributed by atoms with Gasteiger partial charge in [-0.3, -0.25) is 4.79 Å². The van der Waals surface area contributed by atoms with Crippen molar-refractivity contribution in [3.05, 3.63) is 59.0 Å². The molecule has 0 spiro atoms. The van der Waals surface area contributed by atoms with Crippen LogP contribution >= 0.6 is 0 Å². The lowest BCUT2D eigenvalue weighted by molar-refractivity contribution is -0.116. The summed E-state index contributed by atoms with van der Waals surface area (Å²) in [6.45, 7) is 6.56. The molecule has 0 bridgehead atoms. The summed E-state index contributed by atoms with van der Waals surface area (Å²) in [6, 6.07) is 11.6. The summed E-state index contributed by atoms with van der Waals surface area (Å²) in [5.41, 5.74) is 3.57. The third kappa shape index (κ3) is 3.31. The molecule has 1 aliphatic rings. The van der Waals surface area contributed by atoms with Crippen molar-refractivity contribution >= 4 is 17.4 Å². The number of benzene rings is 1. The van der Waals surface area contributed by atoms with Crippen LogP contribution in [0.15, 0.2) is 36.4 Å². The van der Waals surface area contributed by atoms with E-state index in [1.54, 1.807) is 9.20 Å². The van der Waals surface area contributed by atoms with Crippen molar-refractivity contribution in [3.8, 4) is 11.6 Å². The van der Waals surface area contributed by atoms with Gasteiger partial charge in [-0.1, -0.05) is 19.1 Å². The van der Waals surface area contributed by atoms with Crippen molar-refractivity contribution in [3.63, 3.8) is 0 Å². The summed E-state index contributed by atoms with van der Waals surface area (Å²) < 4.78 is 9.04. The molecular formula is C22H23N7O2. The summed E-state index contributed by atoms with van der Waals surface area (Å²) in [7, 11) is 0. The van der Waals surface area contributed by atoms with Gasteiger partial charge in [-0.05, 0) is 50.1 Å². The molecule has 9 heteroatoms. The SMILES string of the molecule is CCCOc1ccc([C@H]2CC(=O)Nc3c2c(C)nn3-c2ccc3nnc(C)n3n2)cc1. The van der Waals surface area contributed by atoms with E-state index in [0.717, 1.165) is 29.0 Å². The summed E-state index contributed by atoms with van der Waals surface area (Å²) in [5.74, 6) is 2.62. The molecule has 9 nitrogen and oxygen atoms in total. The first-order valence-corrected chi connectivity index (χ1v) is 10.4. The van der Waals surface area contributed by atoms with Gasteiger partial charge in [0.25, 0.3) is 0 Å². The van der Waals surface area contributed by atoms with E-state index in [1.807, 2.05) is 50.2 Å². The number of nitrogens with one attached hydrogen (secondary N) is 1. The largest absolute Gasteiger partial charge is 0.494 e. The first kappa shape index (κ1) is 19.2. The zero-order valence-corrected chi connectivity index (χ0v) is 17.7. The number of carbonyl (C=O) groups is 1. The van der Waals surface area contributed by atoms with E-state index in [2.05, 4.69) is 27.5 Å². The Balaban J connectivity index is 1.57. The molecular weight excluding hydrogens is 394 g/mol. The summed E-state index contributed by atoms with van der Waals surface area (Å²) >= 11 is 0. The van der Waals surface area contributed by atoms with Crippen molar-refractivity contribution in [1.29, 1.82) is 0 Å². The predicted molar refractivity (Wildman–Crippen MR) is 115 cm³/mol. The number of amides is 1. The lowest BCUT2D eigenvalue weighted by Gasteiger charge is -2.24. The molecule has 1 N–H and O–H groups in total. The number of nitrogens with zero attached hydrogens (tertiary/aromatic N) is 6. The molecule has 1 aliphatic heterocycles. The smallest absolute Gasteiger partial charge is 0.226 e. The van der Waals surface area contributed by atoms with Crippen LogP contribution in [-0.4, -0.2) is 42.1 Å².